The molecule has 0 aliphatic carbocycles. The van der Waals surface area contributed by atoms with Crippen LogP contribution in [0.2, 0.25) is 5.02 Å². The summed E-state index contributed by atoms with van der Waals surface area (Å²) in [5.41, 5.74) is 2.17. The summed E-state index contributed by atoms with van der Waals surface area (Å²) in [5.74, 6) is 0.0678. The molecule has 0 fully saturated rings. The van der Waals surface area contributed by atoms with Crippen LogP contribution in [0.5, 0.6) is 5.75 Å². The lowest BCUT2D eigenvalue weighted by Crippen LogP contribution is -2.39. The van der Waals surface area contributed by atoms with Crippen molar-refractivity contribution in [3.8, 4) is 5.75 Å². The van der Waals surface area contributed by atoms with Crippen molar-refractivity contribution in [2.45, 2.75) is 26.0 Å². The first-order valence-electron chi connectivity index (χ1n) is 8.52. The lowest BCUT2D eigenvalue weighted by atomic mass is 10.2. The van der Waals surface area contributed by atoms with Crippen LogP contribution in [0.15, 0.2) is 42.5 Å². The molecule has 2 aromatic rings. The van der Waals surface area contributed by atoms with Gasteiger partial charge in [0, 0.05) is 24.5 Å². The Morgan fingerprint density at radius 2 is 2.04 bits per heavy atom. The number of nitrogens with one attached hydrogen (secondary N) is 1. The number of halogens is 1. The van der Waals surface area contributed by atoms with E-state index >= 15 is 0 Å². The van der Waals surface area contributed by atoms with E-state index in [-0.39, 0.29) is 25.4 Å². The molecule has 1 aliphatic heterocycles. The van der Waals surface area contributed by atoms with E-state index in [0.29, 0.717) is 16.5 Å². The van der Waals surface area contributed by atoms with Crippen molar-refractivity contribution in [1.29, 1.82) is 0 Å². The Morgan fingerprint density at radius 1 is 1.30 bits per heavy atom. The molecule has 2 aromatic carbocycles. The lowest BCUT2D eigenvalue weighted by molar-refractivity contribution is -0.128. The van der Waals surface area contributed by atoms with E-state index in [1.165, 1.54) is 4.31 Å². The van der Waals surface area contributed by atoms with Crippen LogP contribution < -0.4 is 14.4 Å². The predicted octanol–water partition coefficient (Wildman–Crippen LogP) is 2.88. The average Bonchev–Trinajstić information content (AvgIpc) is 2.80. The minimum Gasteiger partial charge on any atom is -0.478 e. The van der Waals surface area contributed by atoms with Gasteiger partial charge in [0.05, 0.1) is 11.9 Å². The molecule has 1 aliphatic rings. The largest absolute Gasteiger partial charge is 0.478 e. The van der Waals surface area contributed by atoms with Crippen molar-refractivity contribution in [2.75, 3.05) is 17.1 Å². The molecule has 8 heteroatoms. The van der Waals surface area contributed by atoms with Crippen LogP contribution in [-0.2, 0) is 21.4 Å². The van der Waals surface area contributed by atoms with Crippen molar-refractivity contribution >= 4 is 33.2 Å². The molecule has 6 nitrogen and oxygen atoms in total. The van der Waals surface area contributed by atoms with Gasteiger partial charge >= 0.3 is 0 Å². The molecule has 0 unspecified atom stereocenters. The Hall–Kier alpha value is -2.25. The number of hydrogen-bond donors (Lipinski definition) is 1. The van der Waals surface area contributed by atoms with Gasteiger partial charge in [-0.2, -0.15) is 0 Å². The van der Waals surface area contributed by atoms with Crippen molar-refractivity contribution in [3.63, 3.8) is 0 Å². The van der Waals surface area contributed by atoms with Crippen LogP contribution in [-0.4, -0.2) is 33.2 Å². The molecule has 0 radical (unpaired) electrons. The number of carbonyl (C=O) groups excluding carboxylic acids is 1. The van der Waals surface area contributed by atoms with Crippen LogP contribution in [0.3, 0.4) is 0 Å². The van der Waals surface area contributed by atoms with Crippen LogP contribution in [0.4, 0.5) is 5.69 Å². The zero-order valence-electron chi connectivity index (χ0n) is 15.1. The highest BCUT2D eigenvalue weighted by Gasteiger charge is 2.31. The first-order chi connectivity index (χ1) is 12.8. The normalized spacial score (nSPS) is 16.9. The number of carbonyl (C=O) groups is 1. The summed E-state index contributed by atoms with van der Waals surface area (Å²) >= 11 is 6.11. The van der Waals surface area contributed by atoms with Crippen molar-refractivity contribution < 1.29 is 17.9 Å². The molecule has 144 valence electrons. The molecule has 1 heterocycles. The second kappa shape index (κ2) is 7.78. The number of hydrogen-bond acceptors (Lipinski definition) is 4. The minimum atomic E-state index is -3.49. The number of ether oxygens (including phenoxy) is 1. The smallest absolute Gasteiger partial charge is 0.261 e. The molecule has 0 saturated carbocycles. The van der Waals surface area contributed by atoms with Crippen LogP contribution in [0, 0.1) is 6.92 Å². The van der Waals surface area contributed by atoms with Crippen LogP contribution >= 0.6 is 11.6 Å². The molecule has 3 rings (SSSR count). The molecule has 0 bridgehead atoms. The van der Waals surface area contributed by atoms with Gasteiger partial charge in [0.1, 0.15) is 5.75 Å². The SMILES string of the molecule is Cc1ccc2c(c1)N(S(C)(=O)=O)CC[C@H](C(=O)NCc1ccccc1Cl)O2. The van der Waals surface area contributed by atoms with Crippen molar-refractivity contribution in [1.82, 2.24) is 5.32 Å². The molecule has 1 amide bonds. The van der Waals surface area contributed by atoms with Crippen molar-refractivity contribution in [3.05, 3.63) is 58.6 Å². The first kappa shape index (κ1) is 19.5. The fourth-order valence-electron chi connectivity index (χ4n) is 2.96. The molecule has 1 N–H and O–H groups in total. The van der Waals surface area contributed by atoms with Crippen molar-refractivity contribution in [2.24, 2.45) is 0 Å². The summed E-state index contributed by atoms with van der Waals surface area (Å²) in [7, 11) is -3.49. The zero-order chi connectivity index (χ0) is 19.6. The van der Waals surface area contributed by atoms with Gasteiger partial charge in [-0.15, -0.1) is 0 Å². The van der Waals surface area contributed by atoms with E-state index < -0.39 is 16.1 Å². The third-order valence-electron chi connectivity index (χ3n) is 4.35. The maximum atomic E-state index is 12.6. The maximum Gasteiger partial charge on any atom is 0.261 e. The number of sulfonamides is 1. The monoisotopic (exact) mass is 408 g/mol. The van der Waals surface area contributed by atoms with E-state index in [0.717, 1.165) is 17.4 Å². The standard InChI is InChI=1S/C19H21ClN2O4S/c1-13-7-8-17-16(11-13)22(27(2,24)25)10-9-18(26-17)19(23)21-12-14-5-3-4-6-15(14)20/h3-8,11,18H,9-10,12H2,1-2H3,(H,21,23)/t18-/m1/s1. The second-order valence-electron chi connectivity index (χ2n) is 6.51. The number of benzene rings is 2. The van der Waals surface area contributed by atoms with E-state index in [1.807, 2.05) is 31.2 Å². The third kappa shape index (κ3) is 4.54. The molecule has 0 spiro atoms. The highest BCUT2D eigenvalue weighted by Crippen LogP contribution is 2.35. The van der Waals surface area contributed by atoms with Gasteiger partial charge in [0.2, 0.25) is 10.0 Å². The number of anilines is 1. The molecular formula is C19H21ClN2O4S. The van der Waals surface area contributed by atoms with Gasteiger partial charge in [-0.05, 0) is 36.2 Å². The van der Waals surface area contributed by atoms with Gasteiger partial charge in [0.15, 0.2) is 6.10 Å². The van der Waals surface area contributed by atoms with Gasteiger partial charge in [-0.3, -0.25) is 9.10 Å². The summed E-state index contributed by atoms with van der Waals surface area (Å²) in [6.45, 7) is 2.31. The Labute approximate surface area is 164 Å². The van der Waals surface area contributed by atoms with Crippen LogP contribution in [0.1, 0.15) is 17.5 Å². The molecule has 27 heavy (non-hydrogen) atoms. The Bertz CT molecular complexity index is 962. The summed E-state index contributed by atoms with van der Waals surface area (Å²) in [6, 6.07) is 12.5. The van der Waals surface area contributed by atoms with Gasteiger partial charge in [0.25, 0.3) is 5.91 Å². The lowest BCUT2D eigenvalue weighted by Gasteiger charge is -2.21. The topological polar surface area (TPSA) is 75.7 Å². The third-order valence-corrected chi connectivity index (χ3v) is 5.90. The predicted molar refractivity (Wildman–Crippen MR) is 106 cm³/mol. The summed E-state index contributed by atoms with van der Waals surface area (Å²) in [5, 5.41) is 3.39. The fourth-order valence-corrected chi connectivity index (χ4v) is 4.10. The van der Waals surface area contributed by atoms with Crippen LogP contribution in [0.25, 0.3) is 0 Å². The number of fused-ring (bicyclic) bond motifs is 1. The number of aryl methyl sites for hydroxylation is 1. The molecule has 0 saturated heterocycles. The van der Waals surface area contributed by atoms with E-state index in [2.05, 4.69) is 5.32 Å². The average molecular weight is 409 g/mol. The maximum absolute atomic E-state index is 12.6. The van der Waals surface area contributed by atoms with E-state index in [9.17, 15) is 13.2 Å². The number of rotatable bonds is 4. The Kier molecular flexibility index (Phi) is 5.62. The minimum absolute atomic E-state index is 0.166. The summed E-state index contributed by atoms with van der Waals surface area (Å²) in [4.78, 5) is 12.6. The van der Waals surface area contributed by atoms with Gasteiger partial charge in [-0.25, -0.2) is 8.42 Å². The fraction of sp³-hybridized carbons (Fsp3) is 0.316. The van der Waals surface area contributed by atoms with Gasteiger partial charge < -0.3 is 10.1 Å². The first-order valence-corrected chi connectivity index (χ1v) is 10.7. The molecule has 1 atom stereocenters. The van der Waals surface area contributed by atoms with Gasteiger partial charge in [-0.1, -0.05) is 35.9 Å². The quantitative estimate of drug-likeness (QED) is 0.844. The van der Waals surface area contributed by atoms with E-state index in [4.69, 9.17) is 16.3 Å². The zero-order valence-corrected chi connectivity index (χ0v) is 16.7. The molecular weight excluding hydrogens is 388 g/mol. The number of nitrogens with zero attached hydrogens (tertiary/aromatic N) is 1. The van der Waals surface area contributed by atoms with E-state index in [1.54, 1.807) is 18.2 Å². The highest BCUT2D eigenvalue weighted by atomic mass is 35.5. The summed E-state index contributed by atoms with van der Waals surface area (Å²) < 4.78 is 31.5. The number of amides is 1. The molecule has 0 aromatic heterocycles. The summed E-state index contributed by atoms with van der Waals surface area (Å²) in [6.07, 6.45) is 0.604. The highest BCUT2D eigenvalue weighted by molar-refractivity contribution is 7.92. The Morgan fingerprint density at radius 3 is 2.74 bits per heavy atom. The Balaban J connectivity index is 1.79. The second-order valence-corrected chi connectivity index (χ2v) is 8.82.